The summed E-state index contributed by atoms with van der Waals surface area (Å²) in [6.45, 7) is 0.972. The van der Waals surface area contributed by atoms with Crippen molar-refractivity contribution in [2.45, 2.75) is 6.92 Å². The van der Waals surface area contributed by atoms with E-state index in [1.165, 1.54) is 11.1 Å². The van der Waals surface area contributed by atoms with E-state index in [0.29, 0.717) is 0 Å². The van der Waals surface area contributed by atoms with Crippen molar-refractivity contribution in [2.24, 2.45) is 0 Å². The summed E-state index contributed by atoms with van der Waals surface area (Å²) in [6, 6.07) is 42.2. The number of para-hydroxylation sites is 1. The van der Waals surface area contributed by atoms with E-state index in [0.717, 1.165) is 35.4 Å². The average Bonchev–Trinajstić information content (AvgIpc) is 3.27. The first kappa shape index (κ1) is 21.8. The first-order valence-corrected chi connectivity index (χ1v) is 10.7. The van der Waals surface area contributed by atoms with Crippen LogP contribution in [0, 0.1) is 0 Å². The van der Waals surface area contributed by atoms with Crippen molar-refractivity contribution in [3.8, 4) is 39.6 Å². The van der Waals surface area contributed by atoms with Crippen LogP contribution in [0.4, 0.5) is 0 Å². The van der Waals surface area contributed by atoms with Gasteiger partial charge in [-0.2, -0.15) is 4.57 Å². The molecule has 0 spiro atoms. The van der Waals surface area contributed by atoms with Gasteiger partial charge in [0.05, 0.1) is 5.56 Å². The van der Waals surface area contributed by atoms with Gasteiger partial charge in [-0.25, -0.2) is 4.98 Å². The number of carbonyl (C=O) groups excluding carboxylic acids is 1. The summed E-state index contributed by atoms with van der Waals surface area (Å²) in [7, 11) is 0. The van der Waals surface area contributed by atoms with Gasteiger partial charge in [0.1, 0.15) is 5.69 Å². The normalized spacial score (nSPS) is 10.2. The molecule has 4 heteroatoms. The molecule has 0 fully saturated rings. The Bertz CT molecular complexity index is 1210. The number of nitrogens with one attached hydrogen (secondary N) is 1. The molecule has 0 atom stereocenters. The number of benzene rings is 4. The van der Waals surface area contributed by atoms with Gasteiger partial charge in [-0.15, -0.1) is 0 Å². The highest BCUT2D eigenvalue weighted by Crippen LogP contribution is 2.32. The molecule has 0 bridgehead atoms. The number of H-pyrrole nitrogens is 1. The number of aliphatic carboxylic acids is 1. The molecule has 33 heavy (non-hydrogen) atoms. The lowest BCUT2D eigenvalue weighted by molar-refractivity contribution is -0.570. The second-order valence-corrected chi connectivity index (χ2v) is 7.46. The zero-order valence-corrected chi connectivity index (χ0v) is 18.3. The van der Waals surface area contributed by atoms with Crippen molar-refractivity contribution in [1.29, 1.82) is 0 Å². The average molecular weight is 433 g/mol. The van der Waals surface area contributed by atoms with E-state index in [4.69, 9.17) is 9.90 Å². The van der Waals surface area contributed by atoms with Crippen LogP contribution in [0.1, 0.15) is 6.92 Å². The molecule has 162 valence electrons. The van der Waals surface area contributed by atoms with Gasteiger partial charge in [-0.05, 0) is 31.2 Å². The molecule has 0 saturated carbocycles. The fourth-order valence-electron chi connectivity index (χ4n) is 3.77. The molecule has 0 radical (unpaired) electrons. The summed E-state index contributed by atoms with van der Waals surface area (Å²) in [5.74, 6) is -0.0190. The Kier molecular flexibility index (Phi) is 6.76. The minimum absolute atomic E-state index is 0.972. The van der Waals surface area contributed by atoms with E-state index in [1.54, 1.807) is 0 Å². The maximum atomic E-state index is 8.89. The maximum absolute atomic E-state index is 8.89. The van der Waals surface area contributed by atoms with Gasteiger partial charge in [-0.1, -0.05) is 97.1 Å². The van der Waals surface area contributed by atoms with Gasteiger partial charge in [0, 0.05) is 17.1 Å². The van der Waals surface area contributed by atoms with E-state index in [1.807, 2.05) is 0 Å². The molecule has 1 aromatic heterocycles. The third-order valence-electron chi connectivity index (χ3n) is 5.10. The van der Waals surface area contributed by atoms with Crippen molar-refractivity contribution in [3.63, 3.8) is 0 Å². The summed E-state index contributed by atoms with van der Waals surface area (Å²) >= 11 is 0. The van der Waals surface area contributed by atoms with Crippen molar-refractivity contribution < 1.29 is 14.5 Å². The number of aromatic amines is 1. The third-order valence-corrected chi connectivity index (χ3v) is 5.10. The summed E-state index contributed by atoms with van der Waals surface area (Å²) in [4.78, 5) is 12.6. The van der Waals surface area contributed by atoms with Crippen LogP contribution in [0.2, 0.25) is 0 Å². The standard InChI is InChI=1S/C27H20N2.C2H4O2/c1-5-13-21(14-6-1)25-26(22-15-7-2-8-16-22)29(24-19-11-4-12-20-24)27(28-25)23-17-9-3-10-18-23;1-2(3)4/h1-20H;1H3,(H,3,4). The fourth-order valence-corrected chi connectivity index (χ4v) is 3.77. The molecule has 1 N–H and O–H groups in total. The maximum Gasteiger partial charge on any atom is 0.292 e. The zero-order chi connectivity index (χ0) is 23.0. The monoisotopic (exact) mass is 432 g/mol. The molecule has 5 rings (SSSR count). The number of hydrogen-bond donors (Lipinski definition) is 1. The number of carboxylic acids is 1. The summed E-state index contributed by atoms with van der Waals surface area (Å²) in [6.07, 6.45) is 0. The van der Waals surface area contributed by atoms with Crippen LogP contribution < -0.4 is 9.67 Å². The molecule has 0 saturated heterocycles. The highest BCUT2D eigenvalue weighted by molar-refractivity contribution is 5.78. The van der Waals surface area contributed by atoms with Crippen LogP contribution in [-0.4, -0.2) is 11.0 Å². The van der Waals surface area contributed by atoms with Crippen LogP contribution in [0.25, 0.3) is 39.6 Å². The van der Waals surface area contributed by atoms with Gasteiger partial charge < -0.3 is 9.90 Å². The first-order valence-electron chi connectivity index (χ1n) is 10.7. The molecule has 0 aliphatic carbocycles. The lowest BCUT2D eigenvalue weighted by atomic mass is 10.0. The molecule has 0 aliphatic rings. The van der Waals surface area contributed by atoms with E-state index in [2.05, 4.69) is 131 Å². The second kappa shape index (κ2) is 10.2. The largest absolute Gasteiger partial charge is 0.550 e. The number of carboxylic acid groups (broad SMARTS) is 1. The Hall–Kier alpha value is -4.44. The van der Waals surface area contributed by atoms with Gasteiger partial charge >= 0.3 is 0 Å². The number of rotatable bonds is 4. The van der Waals surface area contributed by atoms with Crippen molar-refractivity contribution in [1.82, 2.24) is 4.98 Å². The fraction of sp³-hybridized carbons (Fsp3) is 0.0345. The Balaban J connectivity index is 0.000000601. The quantitative estimate of drug-likeness (QED) is 0.404. The summed E-state index contributed by atoms with van der Waals surface area (Å²) in [5, 5.41) is 8.89. The molecule has 4 aromatic carbocycles. The predicted molar refractivity (Wildman–Crippen MR) is 129 cm³/mol. The Labute approximate surface area is 193 Å². The minimum atomic E-state index is -1.08. The molecule has 0 amide bonds. The van der Waals surface area contributed by atoms with E-state index in [-0.39, 0.29) is 0 Å². The van der Waals surface area contributed by atoms with Crippen molar-refractivity contribution >= 4 is 5.97 Å². The zero-order valence-electron chi connectivity index (χ0n) is 18.3. The van der Waals surface area contributed by atoms with E-state index < -0.39 is 5.97 Å². The van der Waals surface area contributed by atoms with Crippen molar-refractivity contribution in [2.75, 3.05) is 0 Å². The molecular formula is C29H24N2O2. The molecular weight excluding hydrogens is 408 g/mol. The lowest BCUT2D eigenvalue weighted by Gasteiger charge is -2.06. The number of imidazole rings is 1. The highest BCUT2D eigenvalue weighted by Gasteiger charge is 2.29. The van der Waals surface area contributed by atoms with Crippen LogP contribution in [0.5, 0.6) is 0 Å². The number of carbonyl (C=O) groups is 1. The van der Waals surface area contributed by atoms with E-state index in [9.17, 15) is 0 Å². The van der Waals surface area contributed by atoms with Crippen LogP contribution in [-0.2, 0) is 4.79 Å². The highest BCUT2D eigenvalue weighted by atomic mass is 16.4. The second-order valence-electron chi connectivity index (χ2n) is 7.46. The minimum Gasteiger partial charge on any atom is -0.550 e. The third kappa shape index (κ3) is 5.08. The number of nitrogens with zero attached hydrogens (tertiary/aromatic N) is 1. The number of aromatic nitrogens is 2. The van der Waals surface area contributed by atoms with Gasteiger partial charge in [0.2, 0.25) is 0 Å². The van der Waals surface area contributed by atoms with Gasteiger partial charge in [-0.3, -0.25) is 0 Å². The van der Waals surface area contributed by atoms with E-state index >= 15 is 0 Å². The SMILES string of the molecule is CC(=O)[O-].c1ccc(-c2[nH]c(-c3ccccc3)[n+](-c3ccccc3)c2-c2ccccc2)cc1. The molecule has 4 nitrogen and oxygen atoms in total. The van der Waals surface area contributed by atoms with Crippen LogP contribution in [0.15, 0.2) is 121 Å². The predicted octanol–water partition coefficient (Wildman–Crippen LogP) is 5.05. The lowest BCUT2D eigenvalue weighted by Crippen LogP contribution is -2.33. The Morgan fingerprint density at radius 3 is 1.52 bits per heavy atom. The van der Waals surface area contributed by atoms with Crippen LogP contribution >= 0.6 is 0 Å². The van der Waals surface area contributed by atoms with Crippen LogP contribution in [0.3, 0.4) is 0 Å². The Morgan fingerprint density at radius 1 is 0.636 bits per heavy atom. The summed E-state index contributed by atoms with van der Waals surface area (Å²) < 4.78 is 2.33. The Morgan fingerprint density at radius 2 is 1.03 bits per heavy atom. The van der Waals surface area contributed by atoms with Gasteiger partial charge in [0.25, 0.3) is 5.82 Å². The molecule has 5 aromatic rings. The molecule has 1 heterocycles. The smallest absolute Gasteiger partial charge is 0.292 e. The first-order chi connectivity index (χ1) is 16.1. The van der Waals surface area contributed by atoms with Gasteiger partial charge in [0.15, 0.2) is 11.4 Å². The molecule has 0 aliphatic heterocycles. The summed E-state index contributed by atoms with van der Waals surface area (Å²) in [5.41, 5.74) is 6.88. The van der Waals surface area contributed by atoms with Crippen molar-refractivity contribution in [3.05, 3.63) is 121 Å². The topological polar surface area (TPSA) is 59.8 Å². The molecule has 0 unspecified atom stereocenters. The number of hydrogen-bond acceptors (Lipinski definition) is 2.